The summed E-state index contributed by atoms with van der Waals surface area (Å²) in [4.78, 5) is 44.9. The van der Waals surface area contributed by atoms with Crippen LogP contribution in [-0.2, 0) is 9.59 Å². The topological polar surface area (TPSA) is 169 Å². The second-order valence-electron chi connectivity index (χ2n) is 7.40. The average Bonchev–Trinajstić information content (AvgIpc) is 3.62. The molecule has 0 saturated heterocycles. The van der Waals surface area contributed by atoms with Gasteiger partial charge in [0.25, 0.3) is 11.4 Å². The monoisotopic (exact) mass is 452 g/mol. The zero-order valence-corrected chi connectivity index (χ0v) is 17.7. The Morgan fingerprint density at radius 2 is 1.09 bits per heavy atom. The molecule has 0 aromatic heterocycles. The van der Waals surface area contributed by atoms with Crippen molar-refractivity contribution >= 4 is 34.6 Å². The molecule has 0 heterocycles. The van der Waals surface area contributed by atoms with Gasteiger partial charge in [-0.1, -0.05) is 0 Å². The number of carbonyl (C=O) groups is 2. The third-order valence-electron chi connectivity index (χ3n) is 5.12. The number of hydrogen-bond donors (Lipinski definition) is 2. The summed E-state index contributed by atoms with van der Waals surface area (Å²) in [6, 6.07) is 11.5. The highest BCUT2D eigenvalue weighted by Crippen LogP contribution is 2.38. The highest BCUT2D eigenvalue weighted by atomic mass is 16.6. The summed E-state index contributed by atoms with van der Waals surface area (Å²) >= 11 is 0. The van der Waals surface area contributed by atoms with E-state index in [1.54, 1.807) is 13.8 Å². The Morgan fingerprint density at radius 3 is 1.39 bits per heavy atom. The zero-order valence-electron chi connectivity index (χ0n) is 17.7. The van der Waals surface area contributed by atoms with Crippen LogP contribution in [-0.4, -0.2) is 33.1 Å². The van der Waals surface area contributed by atoms with Gasteiger partial charge in [0, 0.05) is 24.3 Å². The summed E-state index contributed by atoms with van der Waals surface area (Å²) in [6.07, 6.45) is 0.357. The van der Waals surface area contributed by atoms with Gasteiger partial charge in [-0.2, -0.15) is 10.2 Å². The van der Waals surface area contributed by atoms with Crippen molar-refractivity contribution in [3.63, 3.8) is 0 Å². The molecule has 0 spiro atoms. The molecule has 33 heavy (non-hydrogen) atoms. The van der Waals surface area contributed by atoms with Crippen LogP contribution in [0, 0.1) is 32.1 Å². The van der Waals surface area contributed by atoms with Crippen molar-refractivity contribution in [3.05, 3.63) is 79.9 Å². The first-order chi connectivity index (χ1) is 15.7. The minimum Gasteiger partial charge on any atom is -0.273 e. The molecule has 2 aromatic rings. The van der Waals surface area contributed by atoms with Crippen molar-refractivity contribution in [1.82, 2.24) is 10.9 Å². The van der Waals surface area contributed by atoms with Gasteiger partial charge in [-0.3, -0.25) is 29.8 Å². The maximum atomic E-state index is 12.3. The molecular formula is C21H20N6O6. The van der Waals surface area contributed by atoms with Gasteiger partial charge in [0.2, 0.25) is 11.8 Å². The fraction of sp³-hybridized carbons (Fsp3) is 0.238. The molecule has 12 nitrogen and oxygen atoms in total. The van der Waals surface area contributed by atoms with Gasteiger partial charge >= 0.3 is 0 Å². The third kappa shape index (κ3) is 5.81. The molecule has 1 fully saturated rings. The van der Waals surface area contributed by atoms with Gasteiger partial charge in [-0.15, -0.1) is 0 Å². The molecule has 2 amide bonds. The smallest absolute Gasteiger partial charge is 0.269 e. The van der Waals surface area contributed by atoms with E-state index in [4.69, 9.17) is 0 Å². The number of carbonyl (C=O) groups excluding carboxylic acids is 2. The Balaban J connectivity index is 1.51. The maximum Gasteiger partial charge on any atom is 0.269 e. The quantitative estimate of drug-likeness (QED) is 0.354. The molecule has 3 rings (SSSR count). The van der Waals surface area contributed by atoms with Crippen LogP contribution in [0.4, 0.5) is 11.4 Å². The standard InChI is InChI=1S/C21H20N6O6/c1-12(14-3-7-16(8-4-14)26(30)31)22-24-20(28)18-11-19(18)21(29)25-23-13(2)15-5-9-17(10-6-15)27(32)33/h3-10,18-19H,11H2,1-2H3,(H,24,28)(H,25,29)/b22-12-,23-13-/t18-,19-/m0/s1. The van der Waals surface area contributed by atoms with Gasteiger partial charge in [-0.25, -0.2) is 10.9 Å². The Hall–Kier alpha value is -4.48. The van der Waals surface area contributed by atoms with Crippen LogP contribution >= 0.6 is 0 Å². The number of amides is 2. The van der Waals surface area contributed by atoms with Crippen molar-refractivity contribution in [2.45, 2.75) is 20.3 Å². The van der Waals surface area contributed by atoms with Crippen molar-refractivity contribution in [2.75, 3.05) is 0 Å². The summed E-state index contributed by atoms with van der Waals surface area (Å²) in [6.45, 7) is 3.29. The van der Waals surface area contributed by atoms with E-state index in [0.29, 0.717) is 29.0 Å². The number of hydrazone groups is 2. The fourth-order valence-corrected chi connectivity index (χ4v) is 3.00. The molecule has 2 atom stereocenters. The lowest BCUT2D eigenvalue weighted by molar-refractivity contribution is -0.385. The predicted molar refractivity (Wildman–Crippen MR) is 118 cm³/mol. The lowest BCUT2D eigenvalue weighted by atomic mass is 10.1. The van der Waals surface area contributed by atoms with E-state index in [0.717, 1.165) is 0 Å². The Morgan fingerprint density at radius 1 is 0.758 bits per heavy atom. The van der Waals surface area contributed by atoms with Gasteiger partial charge in [0.05, 0.1) is 33.1 Å². The highest BCUT2D eigenvalue weighted by molar-refractivity contribution is 6.01. The van der Waals surface area contributed by atoms with Crippen LogP contribution in [0.15, 0.2) is 58.7 Å². The SMILES string of the molecule is C/C(=N/NC(=O)[C@H]1C[C@@H]1C(=O)N/N=C(/C)c1ccc([N+](=O)[O-])cc1)c1ccc([N+](=O)[O-])cc1. The van der Waals surface area contributed by atoms with E-state index in [9.17, 15) is 29.8 Å². The second kappa shape index (κ2) is 9.77. The lowest BCUT2D eigenvalue weighted by Gasteiger charge is -2.04. The van der Waals surface area contributed by atoms with Crippen LogP contribution in [0.2, 0.25) is 0 Å². The van der Waals surface area contributed by atoms with E-state index in [1.165, 1.54) is 48.5 Å². The molecule has 170 valence electrons. The minimum absolute atomic E-state index is 0.0473. The van der Waals surface area contributed by atoms with Crippen molar-refractivity contribution in [2.24, 2.45) is 22.0 Å². The summed E-state index contributed by atoms with van der Waals surface area (Å²) in [5, 5.41) is 29.4. The third-order valence-corrected chi connectivity index (χ3v) is 5.12. The molecule has 1 saturated carbocycles. The average molecular weight is 452 g/mol. The molecular weight excluding hydrogens is 432 g/mol. The number of hydrogen-bond acceptors (Lipinski definition) is 8. The molecule has 0 radical (unpaired) electrons. The highest BCUT2D eigenvalue weighted by Gasteiger charge is 2.48. The lowest BCUT2D eigenvalue weighted by Crippen LogP contribution is -2.26. The van der Waals surface area contributed by atoms with Crippen LogP contribution < -0.4 is 10.9 Å². The zero-order chi connectivity index (χ0) is 24.1. The first-order valence-electron chi connectivity index (χ1n) is 9.85. The number of nitrogens with zero attached hydrogens (tertiary/aromatic N) is 4. The normalized spacial score (nSPS) is 17.8. The first-order valence-corrected chi connectivity index (χ1v) is 9.85. The Labute approximate surface area is 187 Å². The number of benzene rings is 2. The largest absolute Gasteiger partial charge is 0.273 e. The van der Waals surface area contributed by atoms with Crippen LogP contribution in [0.5, 0.6) is 0 Å². The van der Waals surface area contributed by atoms with Gasteiger partial charge in [0.15, 0.2) is 0 Å². The Bertz CT molecular complexity index is 1070. The number of nitrogens with one attached hydrogen (secondary N) is 2. The number of nitro benzene ring substituents is 2. The summed E-state index contributed by atoms with van der Waals surface area (Å²) in [5.74, 6) is -1.89. The van der Waals surface area contributed by atoms with Crippen molar-refractivity contribution in [3.8, 4) is 0 Å². The predicted octanol–water partition coefficient (Wildman–Crippen LogP) is 2.52. The maximum absolute atomic E-state index is 12.3. The minimum atomic E-state index is -0.534. The summed E-state index contributed by atoms with van der Waals surface area (Å²) in [5.41, 5.74) is 6.88. The van der Waals surface area contributed by atoms with Crippen molar-refractivity contribution in [1.29, 1.82) is 0 Å². The molecule has 2 N–H and O–H groups in total. The van der Waals surface area contributed by atoms with Crippen molar-refractivity contribution < 1.29 is 19.4 Å². The van der Waals surface area contributed by atoms with E-state index >= 15 is 0 Å². The van der Waals surface area contributed by atoms with Crippen LogP contribution in [0.1, 0.15) is 31.4 Å². The number of rotatable bonds is 8. The molecule has 2 aromatic carbocycles. The van der Waals surface area contributed by atoms with Crippen LogP contribution in [0.3, 0.4) is 0 Å². The molecule has 1 aliphatic rings. The Kier molecular flexibility index (Phi) is 6.86. The van der Waals surface area contributed by atoms with Gasteiger partial charge in [0.1, 0.15) is 0 Å². The van der Waals surface area contributed by atoms with E-state index < -0.39 is 33.5 Å². The number of nitro groups is 2. The number of non-ortho nitro benzene ring substituents is 2. The van der Waals surface area contributed by atoms with E-state index in [-0.39, 0.29) is 11.4 Å². The molecule has 1 aliphatic carbocycles. The molecule has 12 heteroatoms. The van der Waals surface area contributed by atoms with Crippen LogP contribution in [0.25, 0.3) is 0 Å². The van der Waals surface area contributed by atoms with E-state index in [2.05, 4.69) is 21.1 Å². The van der Waals surface area contributed by atoms with Gasteiger partial charge in [-0.05, 0) is 55.7 Å². The summed E-state index contributed by atoms with van der Waals surface area (Å²) in [7, 11) is 0. The fourth-order valence-electron chi connectivity index (χ4n) is 3.00. The molecule has 0 unspecified atom stereocenters. The molecule has 0 bridgehead atoms. The molecule has 0 aliphatic heterocycles. The second-order valence-corrected chi connectivity index (χ2v) is 7.40. The van der Waals surface area contributed by atoms with Gasteiger partial charge < -0.3 is 0 Å². The summed E-state index contributed by atoms with van der Waals surface area (Å²) < 4.78 is 0. The van der Waals surface area contributed by atoms with E-state index in [1.807, 2.05) is 0 Å². The first kappa shape index (κ1) is 23.2.